The van der Waals surface area contributed by atoms with Gasteiger partial charge in [-0.15, -0.1) is 12.4 Å². The van der Waals surface area contributed by atoms with E-state index < -0.39 is 0 Å². The van der Waals surface area contributed by atoms with Crippen LogP contribution in [0.1, 0.15) is 12.5 Å². The molecule has 5 nitrogen and oxygen atoms in total. The minimum absolute atomic E-state index is 0. The van der Waals surface area contributed by atoms with Gasteiger partial charge in [-0.1, -0.05) is 31.2 Å². The highest BCUT2D eigenvalue weighted by atomic mass is 35.5. The Balaban J connectivity index is 0.00000288. The molecule has 0 atom stereocenters. The molecule has 130 valence electrons. The van der Waals surface area contributed by atoms with E-state index in [2.05, 4.69) is 10.6 Å². The molecule has 0 unspecified atom stereocenters. The third-order valence-electron chi connectivity index (χ3n) is 3.27. The number of hydrogen-bond donors (Lipinski definition) is 2. The SMILES string of the molecule is CCNCc1ccccc1NC(=O)COc1cccc(OC)c1.Cl. The van der Waals surface area contributed by atoms with Gasteiger partial charge in [0.05, 0.1) is 7.11 Å². The van der Waals surface area contributed by atoms with E-state index >= 15 is 0 Å². The quantitative estimate of drug-likeness (QED) is 0.767. The van der Waals surface area contributed by atoms with E-state index in [1.165, 1.54) is 0 Å². The van der Waals surface area contributed by atoms with Gasteiger partial charge in [0.2, 0.25) is 0 Å². The number of amides is 1. The van der Waals surface area contributed by atoms with Crippen LogP contribution in [0, 0.1) is 0 Å². The van der Waals surface area contributed by atoms with Crippen molar-refractivity contribution in [3.63, 3.8) is 0 Å². The van der Waals surface area contributed by atoms with Gasteiger partial charge in [0.25, 0.3) is 5.91 Å². The first-order valence-corrected chi connectivity index (χ1v) is 7.58. The lowest BCUT2D eigenvalue weighted by Crippen LogP contribution is -2.22. The van der Waals surface area contributed by atoms with Crippen molar-refractivity contribution in [3.8, 4) is 11.5 Å². The van der Waals surface area contributed by atoms with E-state index in [4.69, 9.17) is 9.47 Å². The monoisotopic (exact) mass is 350 g/mol. The molecule has 24 heavy (non-hydrogen) atoms. The van der Waals surface area contributed by atoms with Crippen molar-refractivity contribution in [1.82, 2.24) is 5.32 Å². The van der Waals surface area contributed by atoms with Crippen molar-refractivity contribution in [3.05, 3.63) is 54.1 Å². The van der Waals surface area contributed by atoms with Crippen LogP contribution >= 0.6 is 12.4 Å². The van der Waals surface area contributed by atoms with Gasteiger partial charge in [0.15, 0.2) is 6.61 Å². The van der Waals surface area contributed by atoms with Crippen LogP contribution in [0.15, 0.2) is 48.5 Å². The first-order chi connectivity index (χ1) is 11.2. The number of methoxy groups -OCH3 is 1. The molecule has 0 aliphatic carbocycles. The fourth-order valence-corrected chi connectivity index (χ4v) is 2.08. The van der Waals surface area contributed by atoms with Gasteiger partial charge in [-0.05, 0) is 30.3 Å². The molecule has 1 amide bonds. The number of benzene rings is 2. The number of halogens is 1. The van der Waals surface area contributed by atoms with Crippen molar-refractivity contribution in [2.75, 3.05) is 25.6 Å². The van der Waals surface area contributed by atoms with Gasteiger partial charge in [-0.3, -0.25) is 4.79 Å². The highest BCUT2D eigenvalue weighted by Gasteiger charge is 2.07. The zero-order chi connectivity index (χ0) is 16.5. The van der Waals surface area contributed by atoms with E-state index in [1.807, 2.05) is 43.3 Å². The first-order valence-electron chi connectivity index (χ1n) is 7.58. The number of ether oxygens (including phenoxy) is 2. The van der Waals surface area contributed by atoms with Crippen LogP contribution in [0.2, 0.25) is 0 Å². The zero-order valence-corrected chi connectivity index (χ0v) is 14.7. The smallest absolute Gasteiger partial charge is 0.262 e. The lowest BCUT2D eigenvalue weighted by Gasteiger charge is -2.12. The number of rotatable bonds is 8. The Morgan fingerprint density at radius 2 is 1.83 bits per heavy atom. The number of para-hydroxylation sites is 1. The van der Waals surface area contributed by atoms with E-state index in [1.54, 1.807) is 19.2 Å². The largest absolute Gasteiger partial charge is 0.497 e. The predicted octanol–water partition coefficient (Wildman–Crippen LogP) is 3.24. The molecule has 0 aliphatic rings. The molecule has 0 bridgehead atoms. The number of anilines is 1. The highest BCUT2D eigenvalue weighted by Crippen LogP contribution is 2.19. The summed E-state index contributed by atoms with van der Waals surface area (Å²) < 4.78 is 10.6. The van der Waals surface area contributed by atoms with E-state index in [0.29, 0.717) is 18.0 Å². The second-order valence-electron chi connectivity index (χ2n) is 4.95. The minimum atomic E-state index is -0.197. The summed E-state index contributed by atoms with van der Waals surface area (Å²) >= 11 is 0. The number of hydrogen-bond acceptors (Lipinski definition) is 4. The van der Waals surface area contributed by atoms with Crippen LogP contribution in [0.4, 0.5) is 5.69 Å². The summed E-state index contributed by atoms with van der Waals surface area (Å²) in [6.45, 7) is 3.58. The molecule has 6 heteroatoms. The van der Waals surface area contributed by atoms with Crippen molar-refractivity contribution in [2.45, 2.75) is 13.5 Å². The van der Waals surface area contributed by atoms with Crippen molar-refractivity contribution >= 4 is 24.0 Å². The third-order valence-corrected chi connectivity index (χ3v) is 3.27. The summed E-state index contributed by atoms with van der Waals surface area (Å²) in [6.07, 6.45) is 0. The summed E-state index contributed by atoms with van der Waals surface area (Å²) in [6, 6.07) is 14.9. The van der Waals surface area contributed by atoms with Gasteiger partial charge >= 0.3 is 0 Å². The average molecular weight is 351 g/mol. The number of carbonyl (C=O) groups excluding carboxylic acids is 1. The third kappa shape index (κ3) is 6.10. The maximum atomic E-state index is 12.1. The maximum Gasteiger partial charge on any atom is 0.262 e. The second-order valence-corrected chi connectivity index (χ2v) is 4.95. The lowest BCUT2D eigenvalue weighted by molar-refractivity contribution is -0.118. The molecule has 2 N–H and O–H groups in total. The van der Waals surface area contributed by atoms with Crippen LogP contribution in [0.25, 0.3) is 0 Å². The van der Waals surface area contributed by atoms with Gasteiger partial charge in [-0.2, -0.15) is 0 Å². The van der Waals surface area contributed by atoms with E-state index in [9.17, 15) is 4.79 Å². The van der Waals surface area contributed by atoms with Gasteiger partial charge in [0, 0.05) is 18.3 Å². The van der Waals surface area contributed by atoms with Crippen molar-refractivity contribution < 1.29 is 14.3 Å². The molecule has 0 spiro atoms. The Morgan fingerprint density at radius 1 is 1.08 bits per heavy atom. The molecular formula is C18H23ClN2O3. The average Bonchev–Trinajstić information content (AvgIpc) is 2.59. The standard InChI is InChI=1S/C18H22N2O3.ClH/c1-3-19-12-14-7-4-5-10-17(14)20-18(21)13-23-16-9-6-8-15(11-16)22-2;/h4-11,19H,3,12-13H2,1-2H3,(H,20,21);1H. The Hall–Kier alpha value is -2.24. The lowest BCUT2D eigenvalue weighted by atomic mass is 10.1. The normalized spacial score (nSPS) is 9.75. The van der Waals surface area contributed by atoms with Crippen LogP contribution in [0.5, 0.6) is 11.5 Å². The van der Waals surface area contributed by atoms with Crippen LogP contribution in [-0.2, 0) is 11.3 Å². The Morgan fingerprint density at radius 3 is 2.58 bits per heavy atom. The molecule has 0 heterocycles. The van der Waals surface area contributed by atoms with Crippen molar-refractivity contribution in [2.24, 2.45) is 0 Å². The zero-order valence-electron chi connectivity index (χ0n) is 13.9. The maximum absolute atomic E-state index is 12.1. The Labute approximate surface area is 148 Å². The van der Waals surface area contributed by atoms with Crippen LogP contribution < -0.4 is 20.1 Å². The van der Waals surface area contributed by atoms with Gasteiger partial charge in [-0.25, -0.2) is 0 Å². The molecule has 0 saturated carbocycles. The summed E-state index contributed by atoms with van der Waals surface area (Å²) in [4.78, 5) is 12.1. The molecule has 2 aromatic rings. The predicted molar refractivity (Wildman–Crippen MR) is 98.2 cm³/mol. The summed E-state index contributed by atoms with van der Waals surface area (Å²) in [5, 5.41) is 6.14. The second kappa shape index (κ2) is 10.5. The van der Waals surface area contributed by atoms with Gasteiger partial charge in [0.1, 0.15) is 11.5 Å². The molecule has 2 rings (SSSR count). The van der Waals surface area contributed by atoms with E-state index in [-0.39, 0.29) is 24.9 Å². The van der Waals surface area contributed by atoms with Crippen molar-refractivity contribution in [1.29, 1.82) is 0 Å². The summed E-state index contributed by atoms with van der Waals surface area (Å²) in [5.74, 6) is 1.09. The molecule has 0 radical (unpaired) electrons. The molecule has 0 aromatic heterocycles. The van der Waals surface area contributed by atoms with Crippen LogP contribution in [0.3, 0.4) is 0 Å². The van der Waals surface area contributed by atoms with Crippen LogP contribution in [-0.4, -0.2) is 26.2 Å². The Kier molecular flexibility index (Phi) is 8.68. The molecule has 0 saturated heterocycles. The topological polar surface area (TPSA) is 59.6 Å². The summed E-state index contributed by atoms with van der Waals surface area (Å²) in [5.41, 5.74) is 1.84. The van der Waals surface area contributed by atoms with E-state index in [0.717, 1.165) is 17.8 Å². The molecule has 0 fully saturated rings. The molecule has 2 aromatic carbocycles. The Bertz CT molecular complexity index is 650. The molecular weight excluding hydrogens is 328 g/mol. The van der Waals surface area contributed by atoms with Gasteiger partial charge < -0.3 is 20.1 Å². The first kappa shape index (κ1) is 19.8. The molecule has 0 aliphatic heterocycles. The summed E-state index contributed by atoms with van der Waals surface area (Å²) in [7, 11) is 1.59. The number of nitrogens with one attached hydrogen (secondary N) is 2. The minimum Gasteiger partial charge on any atom is -0.497 e. The highest BCUT2D eigenvalue weighted by molar-refractivity contribution is 5.92. The fraction of sp³-hybridized carbons (Fsp3) is 0.278. The fourth-order valence-electron chi connectivity index (χ4n) is 2.08. The number of carbonyl (C=O) groups is 1.